The standard InChI is InChI=1S/C14H19N3O/c18-14-13(16-10-7-15-8-11-16)6-9-17(14)12-4-2-1-3-5-12/h1-5,13,15H,6-11H2/t13-/m1/s1. The highest BCUT2D eigenvalue weighted by atomic mass is 16.2. The third kappa shape index (κ3) is 2.13. The first-order valence-electron chi connectivity index (χ1n) is 6.67. The number of carbonyl (C=O) groups is 1. The second-order valence-corrected chi connectivity index (χ2v) is 4.92. The van der Waals surface area contributed by atoms with Crippen LogP contribution in [0.5, 0.6) is 0 Å². The molecule has 1 aromatic rings. The van der Waals surface area contributed by atoms with E-state index in [9.17, 15) is 4.79 Å². The Labute approximate surface area is 108 Å². The molecule has 0 spiro atoms. The second kappa shape index (κ2) is 5.08. The molecular formula is C14H19N3O. The molecule has 0 radical (unpaired) electrons. The van der Waals surface area contributed by atoms with Gasteiger partial charge in [0.05, 0.1) is 6.04 Å². The van der Waals surface area contributed by atoms with Crippen LogP contribution in [0.1, 0.15) is 6.42 Å². The summed E-state index contributed by atoms with van der Waals surface area (Å²) in [6.45, 7) is 4.81. The molecule has 1 atom stereocenters. The van der Waals surface area contributed by atoms with Gasteiger partial charge < -0.3 is 10.2 Å². The van der Waals surface area contributed by atoms with E-state index < -0.39 is 0 Å². The van der Waals surface area contributed by atoms with Crippen LogP contribution in [0, 0.1) is 0 Å². The molecule has 4 heteroatoms. The number of carbonyl (C=O) groups excluding carboxylic acids is 1. The highest BCUT2D eigenvalue weighted by Gasteiger charge is 2.36. The summed E-state index contributed by atoms with van der Waals surface area (Å²) in [5.41, 5.74) is 1.03. The van der Waals surface area contributed by atoms with Crippen molar-refractivity contribution in [3.05, 3.63) is 30.3 Å². The number of piperazine rings is 1. The van der Waals surface area contributed by atoms with Crippen LogP contribution in [0.2, 0.25) is 0 Å². The van der Waals surface area contributed by atoms with Gasteiger partial charge in [-0.05, 0) is 18.6 Å². The summed E-state index contributed by atoms with van der Waals surface area (Å²) < 4.78 is 0. The Morgan fingerprint density at radius 3 is 2.50 bits per heavy atom. The van der Waals surface area contributed by atoms with E-state index in [1.165, 1.54) is 0 Å². The first kappa shape index (κ1) is 11.7. The van der Waals surface area contributed by atoms with Gasteiger partial charge in [0.1, 0.15) is 0 Å². The number of benzene rings is 1. The molecule has 18 heavy (non-hydrogen) atoms. The van der Waals surface area contributed by atoms with Gasteiger partial charge in [0.2, 0.25) is 5.91 Å². The molecule has 0 bridgehead atoms. The zero-order valence-electron chi connectivity index (χ0n) is 10.5. The lowest BCUT2D eigenvalue weighted by atomic mass is 10.2. The van der Waals surface area contributed by atoms with Gasteiger partial charge in [-0.25, -0.2) is 0 Å². The van der Waals surface area contributed by atoms with Crippen molar-refractivity contribution in [1.29, 1.82) is 0 Å². The molecular weight excluding hydrogens is 226 g/mol. The fraction of sp³-hybridized carbons (Fsp3) is 0.500. The van der Waals surface area contributed by atoms with Gasteiger partial charge in [-0.1, -0.05) is 18.2 Å². The van der Waals surface area contributed by atoms with Crippen LogP contribution in [-0.4, -0.2) is 49.6 Å². The summed E-state index contributed by atoms with van der Waals surface area (Å²) >= 11 is 0. The van der Waals surface area contributed by atoms with Crippen molar-refractivity contribution in [2.24, 2.45) is 0 Å². The molecule has 1 aromatic carbocycles. The molecule has 1 N–H and O–H groups in total. The SMILES string of the molecule is O=C1[C@H](N2CCNCC2)CCN1c1ccccc1. The summed E-state index contributed by atoms with van der Waals surface area (Å²) in [7, 11) is 0. The van der Waals surface area contributed by atoms with E-state index in [2.05, 4.69) is 10.2 Å². The van der Waals surface area contributed by atoms with E-state index in [4.69, 9.17) is 0 Å². The maximum Gasteiger partial charge on any atom is 0.244 e. The number of nitrogens with one attached hydrogen (secondary N) is 1. The van der Waals surface area contributed by atoms with Crippen molar-refractivity contribution in [1.82, 2.24) is 10.2 Å². The topological polar surface area (TPSA) is 35.6 Å². The Bertz CT molecular complexity index is 414. The van der Waals surface area contributed by atoms with Gasteiger partial charge in [0.15, 0.2) is 0 Å². The van der Waals surface area contributed by atoms with Gasteiger partial charge in [-0.3, -0.25) is 9.69 Å². The third-order valence-electron chi connectivity index (χ3n) is 3.84. The van der Waals surface area contributed by atoms with E-state index in [0.29, 0.717) is 0 Å². The fourth-order valence-electron chi connectivity index (χ4n) is 2.86. The van der Waals surface area contributed by atoms with E-state index >= 15 is 0 Å². The number of para-hydroxylation sites is 1. The molecule has 0 unspecified atom stereocenters. The lowest BCUT2D eigenvalue weighted by Crippen LogP contribution is -2.51. The molecule has 96 valence electrons. The molecule has 1 amide bonds. The van der Waals surface area contributed by atoms with Gasteiger partial charge in [-0.2, -0.15) is 0 Å². The molecule has 2 fully saturated rings. The van der Waals surface area contributed by atoms with Gasteiger partial charge in [0, 0.05) is 38.4 Å². The second-order valence-electron chi connectivity index (χ2n) is 4.92. The van der Waals surface area contributed by atoms with Crippen molar-refractivity contribution in [3.63, 3.8) is 0 Å². The first-order chi connectivity index (χ1) is 8.86. The molecule has 4 nitrogen and oxygen atoms in total. The fourth-order valence-corrected chi connectivity index (χ4v) is 2.86. The Balaban J connectivity index is 1.72. The summed E-state index contributed by atoms with van der Waals surface area (Å²) in [6, 6.07) is 10.1. The van der Waals surface area contributed by atoms with Crippen LogP contribution in [-0.2, 0) is 4.79 Å². The molecule has 2 aliphatic heterocycles. The predicted octanol–water partition coefficient (Wildman–Crippen LogP) is 0.697. The first-order valence-corrected chi connectivity index (χ1v) is 6.67. The number of nitrogens with zero attached hydrogens (tertiary/aromatic N) is 2. The zero-order chi connectivity index (χ0) is 12.4. The van der Waals surface area contributed by atoms with Crippen LogP contribution >= 0.6 is 0 Å². The van der Waals surface area contributed by atoms with Crippen LogP contribution in [0.3, 0.4) is 0 Å². The van der Waals surface area contributed by atoms with Crippen LogP contribution in [0.15, 0.2) is 30.3 Å². The van der Waals surface area contributed by atoms with E-state index in [0.717, 1.165) is 44.8 Å². The minimum atomic E-state index is 0.0901. The number of hydrogen-bond acceptors (Lipinski definition) is 3. The Morgan fingerprint density at radius 1 is 1.06 bits per heavy atom. The lowest BCUT2D eigenvalue weighted by molar-refractivity contribution is -0.121. The normalized spacial score (nSPS) is 25.7. The quantitative estimate of drug-likeness (QED) is 0.833. The maximum absolute atomic E-state index is 12.5. The Hall–Kier alpha value is -1.39. The van der Waals surface area contributed by atoms with Crippen LogP contribution in [0.4, 0.5) is 5.69 Å². The van der Waals surface area contributed by atoms with Gasteiger partial charge in [0.25, 0.3) is 0 Å². The lowest BCUT2D eigenvalue weighted by Gasteiger charge is -2.31. The maximum atomic E-state index is 12.5. The number of hydrogen-bond donors (Lipinski definition) is 1. The van der Waals surface area contributed by atoms with E-state index in [-0.39, 0.29) is 11.9 Å². The minimum Gasteiger partial charge on any atom is -0.314 e. The molecule has 2 saturated heterocycles. The molecule has 2 heterocycles. The third-order valence-corrected chi connectivity index (χ3v) is 3.84. The summed E-state index contributed by atoms with van der Waals surface area (Å²) in [6.07, 6.45) is 0.952. The van der Waals surface area contributed by atoms with Crippen molar-refractivity contribution in [3.8, 4) is 0 Å². The summed E-state index contributed by atoms with van der Waals surface area (Å²) in [5, 5.41) is 3.33. The molecule has 2 aliphatic rings. The molecule has 0 saturated carbocycles. The van der Waals surface area contributed by atoms with Crippen LogP contribution < -0.4 is 10.2 Å². The highest BCUT2D eigenvalue weighted by Crippen LogP contribution is 2.24. The van der Waals surface area contributed by atoms with Gasteiger partial charge in [-0.15, -0.1) is 0 Å². The van der Waals surface area contributed by atoms with Gasteiger partial charge >= 0.3 is 0 Å². The average Bonchev–Trinajstić information content (AvgIpc) is 2.83. The summed E-state index contributed by atoms with van der Waals surface area (Å²) in [4.78, 5) is 16.7. The largest absolute Gasteiger partial charge is 0.314 e. The minimum absolute atomic E-state index is 0.0901. The number of rotatable bonds is 2. The summed E-state index contributed by atoms with van der Waals surface area (Å²) in [5.74, 6) is 0.267. The van der Waals surface area contributed by atoms with Crippen molar-refractivity contribution in [2.75, 3.05) is 37.6 Å². The Kier molecular flexibility index (Phi) is 3.30. The van der Waals surface area contributed by atoms with E-state index in [1.807, 2.05) is 35.2 Å². The monoisotopic (exact) mass is 245 g/mol. The van der Waals surface area contributed by atoms with Crippen molar-refractivity contribution < 1.29 is 4.79 Å². The van der Waals surface area contributed by atoms with Crippen molar-refractivity contribution in [2.45, 2.75) is 12.5 Å². The molecule has 0 aromatic heterocycles. The molecule has 0 aliphatic carbocycles. The average molecular weight is 245 g/mol. The predicted molar refractivity (Wildman–Crippen MR) is 71.6 cm³/mol. The smallest absolute Gasteiger partial charge is 0.244 e. The van der Waals surface area contributed by atoms with Crippen LogP contribution in [0.25, 0.3) is 0 Å². The zero-order valence-corrected chi connectivity index (χ0v) is 10.5. The molecule has 3 rings (SSSR count). The Morgan fingerprint density at radius 2 is 1.78 bits per heavy atom. The van der Waals surface area contributed by atoms with Crippen molar-refractivity contribution >= 4 is 11.6 Å². The number of anilines is 1. The number of amides is 1. The highest BCUT2D eigenvalue weighted by molar-refractivity contribution is 5.99. The van der Waals surface area contributed by atoms with E-state index in [1.54, 1.807) is 0 Å².